The first-order chi connectivity index (χ1) is 12.3. The summed E-state index contributed by atoms with van der Waals surface area (Å²) in [6.07, 6.45) is 0.238. The highest BCUT2D eigenvalue weighted by Gasteiger charge is 2.21. The summed E-state index contributed by atoms with van der Waals surface area (Å²) in [5, 5.41) is 5.88. The van der Waals surface area contributed by atoms with Crippen LogP contribution in [0, 0.1) is 5.41 Å². The molecule has 0 aliphatic carbocycles. The van der Waals surface area contributed by atoms with Crippen molar-refractivity contribution < 1.29 is 9.59 Å². The Labute approximate surface area is 163 Å². The SMILES string of the molecule is CC(C)(C)C(=O)NCCC(=O)N[C@@H](c1ccccc1)c1ccc(Br)cc1. The number of hydrogen-bond donors (Lipinski definition) is 2. The van der Waals surface area contributed by atoms with Crippen molar-refractivity contribution in [1.82, 2.24) is 10.6 Å². The summed E-state index contributed by atoms with van der Waals surface area (Å²) in [6.45, 7) is 5.87. The molecule has 0 radical (unpaired) electrons. The van der Waals surface area contributed by atoms with Crippen LogP contribution in [0.15, 0.2) is 59.1 Å². The van der Waals surface area contributed by atoms with Crippen molar-refractivity contribution in [2.24, 2.45) is 5.41 Å². The molecule has 5 heteroatoms. The topological polar surface area (TPSA) is 58.2 Å². The van der Waals surface area contributed by atoms with Crippen molar-refractivity contribution in [3.8, 4) is 0 Å². The normalized spacial score (nSPS) is 12.3. The van der Waals surface area contributed by atoms with Crippen LogP contribution in [0.4, 0.5) is 0 Å². The van der Waals surface area contributed by atoms with Gasteiger partial charge in [-0.3, -0.25) is 9.59 Å². The van der Waals surface area contributed by atoms with Gasteiger partial charge in [0.05, 0.1) is 6.04 Å². The van der Waals surface area contributed by atoms with Crippen LogP contribution in [0.3, 0.4) is 0 Å². The van der Waals surface area contributed by atoms with Gasteiger partial charge in [0.25, 0.3) is 0 Å². The second-order valence-corrected chi connectivity index (χ2v) is 8.13. The molecule has 0 heterocycles. The molecule has 0 fully saturated rings. The van der Waals surface area contributed by atoms with E-state index in [1.165, 1.54) is 0 Å². The lowest BCUT2D eigenvalue weighted by Gasteiger charge is -2.21. The van der Waals surface area contributed by atoms with Gasteiger partial charge < -0.3 is 10.6 Å². The van der Waals surface area contributed by atoms with E-state index in [2.05, 4.69) is 26.6 Å². The molecule has 0 saturated heterocycles. The average Bonchev–Trinajstić information content (AvgIpc) is 2.60. The molecule has 2 N–H and O–H groups in total. The maximum atomic E-state index is 12.4. The fraction of sp³-hybridized carbons (Fsp3) is 0.333. The molecule has 0 saturated carbocycles. The van der Waals surface area contributed by atoms with E-state index in [0.29, 0.717) is 6.54 Å². The average molecular weight is 417 g/mol. The number of hydrogen-bond acceptors (Lipinski definition) is 2. The molecule has 1 atom stereocenters. The van der Waals surface area contributed by atoms with Crippen LogP contribution in [0.2, 0.25) is 0 Å². The molecule has 26 heavy (non-hydrogen) atoms. The van der Waals surface area contributed by atoms with Gasteiger partial charge in [-0.2, -0.15) is 0 Å². The van der Waals surface area contributed by atoms with E-state index in [4.69, 9.17) is 0 Å². The fourth-order valence-electron chi connectivity index (χ4n) is 2.45. The van der Waals surface area contributed by atoms with Crippen molar-refractivity contribution in [2.75, 3.05) is 6.54 Å². The molecule has 2 amide bonds. The zero-order valence-corrected chi connectivity index (χ0v) is 17.0. The third-order valence-electron chi connectivity index (χ3n) is 3.96. The van der Waals surface area contributed by atoms with Crippen LogP contribution in [-0.2, 0) is 9.59 Å². The summed E-state index contributed by atoms with van der Waals surface area (Å²) in [6, 6.07) is 17.5. The molecule has 0 aliphatic rings. The van der Waals surface area contributed by atoms with E-state index in [0.717, 1.165) is 15.6 Å². The Hall–Kier alpha value is -2.14. The Bertz CT molecular complexity index is 737. The third-order valence-corrected chi connectivity index (χ3v) is 4.49. The first kappa shape index (κ1) is 20.2. The van der Waals surface area contributed by atoms with Gasteiger partial charge in [0, 0.05) is 22.9 Å². The number of benzene rings is 2. The van der Waals surface area contributed by atoms with Gasteiger partial charge in [0.2, 0.25) is 11.8 Å². The van der Waals surface area contributed by atoms with Crippen LogP contribution in [0.1, 0.15) is 44.4 Å². The van der Waals surface area contributed by atoms with Crippen LogP contribution in [-0.4, -0.2) is 18.4 Å². The van der Waals surface area contributed by atoms with E-state index in [1.54, 1.807) is 0 Å². The highest BCUT2D eigenvalue weighted by molar-refractivity contribution is 9.10. The molecule has 2 rings (SSSR count). The van der Waals surface area contributed by atoms with Crippen molar-refractivity contribution in [1.29, 1.82) is 0 Å². The molecule has 0 unspecified atom stereocenters. The van der Waals surface area contributed by atoms with Gasteiger partial charge in [-0.25, -0.2) is 0 Å². The van der Waals surface area contributed by atoms with Crippen molar-refractivity contribution in [2.45, 2.75) is 33.2 Å². The molecular formula is C21H25BrN2O2. The molecule has 4 nitrogen and oxygen atoms in total. The van der Waals surface area contributed by atoms with Gasteiger partial charge in [-0.15, -0.1) is 0 Å². The summed E-state index contributed by atoms with van der Waals surface area (Å²) in [7, 11) is 0. The lowest BCUT2D eigenvalue weighted by atomic mass is 9.96. The smallest absolute Gasteiger partial charge is 0.225 e. The van der Waals surface area contributed by atoms with Crippen molar-refractivity contribution >= 4 is 27.7 Å². The van der Waals surface area contributed by atoms with Crippen LogP contribution >= 0.6 is 15.9 Å². The number of amides is 2. The summed E-state index contributed by atoms with van der Waals surface area (Å²) in [5.74, 6) is -0.159. The van der Waals surface area contributed by atoms with Crippen LogP contribution in [0.5, 0.6) is 0 Å². The Balaban J connectivity index is 2.04. The minimum atomic E-state index is -0.458. The van der Waals surface area contributed by atoms with Crippen molar-refractivity contribution in [3.63, 3.8) is 0 Å². The number of carbonyl (C=O) groups is 2. The molecule has 138 valence electrons. The molecule has 0 bridgehead atoms. The zero-order valence-electron chi connectivity index (χ0n) is 15.4. The van der Waals surface area contributed by atoms with Crippen LogP contribution in [0.25, 0.3) is 0 Å². The molecular weight excluding hydrogens is 392 g/mol. The number of rotatable bonds is 6. The second kappa shape index (κ2) is 8.99. The largest absolute Gasteiger partial charge is 0.355 e. The minimum Gasteiger partial charge on any atom is -0.355 e. The van der Waals surface area contributed by atoms with Gasteiger partial charge in [-0.1, -0.05) is 79.2 Å². The highest BCUT2D eigenvalue weighted by atomic mass is 79.9. The van der Waals surface area contributed by atoms with E-state index < -0.39 is 5.41 Å². The molecule has 2 aromatic carbocycles. The zero-order chi connectivity index (χ0) is 19.2. The fourth-order valence-corrected chi connectivity index (χ4v) is 2.71. The van der Waals surface area contributed by atoms with Gasteiger partial charge in [-0.05, 0) is 23.3 Å². The summed E-state index contributed by atoms with van der Waals surface area (Å²) < 4.78 is 0.990. The van der Waals surface area contributed by atoms with Gasteiger partial charge in [0.15, 0.2) is 0 Å². The van der Waals surface area contributed by atoms with E-state index in [9.17, 15) is 9.59 Å². The quantitative estimate of drug-likeness (QED) is 0.740. The molecule has 2 aromatic rings. The van der Waals surface area contributed by atoms with E-state index in [-0.39, 0.29) is 24.3 Å². The first-order valence-electron chi connectivity index (χ1n) is 8.65. The monoisotopic (exact) mass is 416 g/mol. The first-order valence-corrected chi connectivity index (χ1v) is 9.45. The van der Waals surface area contributed by atoms with Crippen molar-refractivity contribution in [3.05, 3.63) is 70.2 Å². The lowest BCUT2D eigenvalue weighted by Crippen LogP contribution is -2.38. The Morgan fingerprint density at radius 1 is 0.962 bits per heavy atom. The Kier molecular flexibility index (Phi) is 6.98. The van der Waals surface area contributed by atoms with Gasteiger partial charge in [0.1, 0.15) is 0 Å². The summed E-state index contributed by atoms with van der Waals surface area (Å²) in [4.78, 5) is 24.3. The second-order valence-electron chi connectivity index (χ2n) is 7.22. The van der Waals surface area contributed by atoms with Crippen LogP contribution < -0.4 is 10.6 Å². The van der Waals surface area contributed by atoms with E-state index in [1.807, 2.05) is 75.4 Å². The lowest BCUT2D eigenvalue weighted by molar-refractivity contribution is -0.128. The van der Waals surface area contributed by atoms with E-state index >= 15 is 0 Å². The Morgan fingerprint density at radius 2 is 1.54 bits per heavy atom. The molecule has 0 aromatic heterocycles. The predicted molar refractivity (Wildman–Crippen MR) is 108 cm³/mol. The summed E-state index contributed by atoms with van der Waals surface area (Å²) in [5.41, 5.74) is 1.56. The standard InChI is InChI=1S/C21H25BrN2O2/c1-21(2,3)20(26)23-14-13-18(25)24-19(15-7-5-4-6-8-15)16-9-11-17(22)12-10-16/h4-12,19H,13-14H2,1-3H3,(H,23,26)(H,24,25)/t19-/m0/s1. The molecule has 0 aliphatic heterocycles. The maximum Gasteiger partial charge on any atom is 0.225 e. The predicted octanol–water partition coefficient (Wildman–Crippen LogP) is 4.21. The number of halogens is 1. The number of nitrogens with one attached hydrogen (secondary N) is 2. The van der Waals surface area contributed by atoms with Gasteiger partial charge >= 0.3 is 0 Å². The highest BCUT2D eigenvalue weighted by Crippen LogP contribution is 2.23. The summed E-state index contributed by atoms with van der Waals surface area (Å²) >= 11 is 3.44. The molecule has 0 spiro atoms. The number of carbonyl (C=O) groups excluding carboxylic acids is 2. The Morgan fingerprint density at radius 3 is 2.12 bits per heavy atom. The maximum absolute atomic E-state index is 12.4. The third kappa shape index (κ3) is 5.99. The minimum absolute atomic E-state index is 0.0576.